The molecule has 5 rings (SSSR count). The Morgan fingerprint density at radius 3 is 2.79 bits per heavy atom. The van der Waals surface area contributed by atoms with Gasteiger partial charge in [-0.25, -0.2) is 0 Å². The van der Waals surface area contributed by atoms with Gasteiger partial charge in [0.1, 0.15) is 5.52 Å². The van der Waals surface area contributed by atoms with Gasteiger partial charge in [-0.2, -0.15) is 4.98 Å². The van der Waals surface area contributed by atoms with Crippen LogP contribution >= 0.6 is 0 Å². The van der Waals surface area contributed by atoms with Crippen LogP contribution in [0.5, 0.6) is 0 Å². The Morgan fingerprint density at radius 2 is 2.03 bits per heavy atom. The SMILES string of the molecule is C[C@H]1COCCN1c1nc2c(C(=O)NC3C[C@H]4CCC[C@@H](C3)N4C)cccc2o1. The van der Waals surface area contributed by atoms with Crippen molar-refractivity contribution in [2.45, 2.75) is 63.2 Å². The van der Waals surface area contributed by atoms with Crippen LogP contribution in [0.2, 0.25) is 0 Å². The van der Waals surface area contributed by atoms with Crippen molar-refractivity contribution in [2.24, 2.45) is 0 Å². The molecule has 4 heterocycles. The fraction of sp³-hybridized carbons (Fsp3) is 0.636. The number of benzene rings is 1. The number of anilines is 1. The number of para-hydroxylation sites is 1. The second-order valence-electron chi connectivity index (χ2n) is 8.81. The minimum atomic E-state index is -0.0434. The third-order valence-electron chi connectivity index (χ3n) is 6.94. The summed E-state index contributed by atoms with van der Waals surface area (Å²) in [6.45, 7) is 4.16. The summed E-state index contributed by atoms with van der Waals surface area (Å²) in [6.07, 6.45) is 5.84. The molecule has 1 amide bonds. The van der Waals surface area contributed by atoms with Gasteiger partial charge in [0.2, 0.25) is 0 Å². The third-order valence-corrected chi connectivity index (χ3v) is 6.94. The van der Waals surface area contributed by atoms with Crippen molar-refractivity contribution in [3.05, 3.63) is 23.8 Å². The van der Waals surface area contributed by atoms with Crippen molar-refractivity contribution in [3.8, 4) is 0 Å². The maximum absolute atomic E-state index is 13.1. The molecule has 3 aliphatic rings. The number of ether oxygens (including phenoxy) is 1. The number of nitrogens with one attached hydrogen (secondary N) is 1. The maximum Gasteiger partial charge on any atom is 0.298 e. The molecule has 156 valence electrons. The predicted octanol–water partition coefficient (Wildman–Crippen LogP) is 2.80. The molecule has 1 aromatic carbocycles. The zero-order valence-corrected chi connectivity index (χ0v) is 17.3. The molecular formula is C22H30N4O3. The summed E-state index contributed by atoms with van der Waals surface area (Å²) in [4.78, 5) is 22.5. The van der Waals surface area contributed by atoms with Crippen LogP contribution in [-0.2, 0) is 4.74 Å². The van der Waals surface area contributed by atoms with E-state index in [-0.39, 0.29) is 18.0 Å². The van der Waals surface area contributed by atoms with Crippen LogP contribution in [0, 0.1) is 0 Å². The van der Waals surface area contributed by atoms with Gasteiger partial charge in [0.05, 0.1) is 24.8 Å². The number of piperidine rings is 2. The Kier molecular flexibility index (Phi) is 4.95. The number of nitrogens with zero attached hydrogens (tertiary/aromatic N) is 3. The summed E-state index contributed by atoms with van der Waals surface area (Å²) >= 11 is 0. The van der Waals surface area contributed by atoms with E-state index in [1.807, 2.05) is 18.2 Å². The van der Waals surface area contributed by atoms with Crippen molar-refractivity contribution in [1.29, 1.82) is 0 Å². The summed E-state index contributed by atoms with van der Waals surface area (Å²) in [5.74, 6) is -0.0434. The van der Waals surface area contributed by atoms with Gasteiger partial charge in [-0.05, 0) is 51.8 Å². The quantitative estimate of drug-likeness (QED) is 0.857. The van der Waals surface area contributed by atoms with Gasteiger partial charge in [0.15, 0.2) is 5.58 Å². The fourth-order valence-corrected chi connectivity index (χ4v) is 5.25. The number of fused-ring (bicyclic) bond motifs is 3. The van der Waals surface area contributed by atoms with Crippen LogP contribution in [0.4, 0.5) is 6.01 Å². The van der Waals surface area contributed by atoms with Crippen molar-refractivity contribution >= 4 is 23.0 Å². The number of hydrogen-bond acceptors (Lipinski definition) is 6. The highest BCUT2D eigenvalue weighted by atomic mass is 16.5. The normalized spacial score (nSPS) is 30.5. The lowest BCUT2D eigenvalue weighted by molar-refractivity contribution is 0.0463. The van der Waals surface area contributed by atoms with Crippen LogP contribution in [0.15, 0.2) is 22.6 Å². The Hall–Kier alpha value is -2.12. The first-order valence-electron chi connectivity index (χ1n) is 10.9. The lowest BCUT2D eigenvalue weighted by atomic mass is 9.82. The number of oxazole rings is 1. The molecule has 1 aromatic heterocycles. The van der Waals surface area contributed by atoms with Gasteiger partial charge >= 0.3 is 0 Å². The minimum absolute atomic E-state index is 0.0434. The first-order chi connectivity index (χ1) is 14.1. The van der Waals surface area contributed by atoms with Crippen molar-refractivity contribution in [3.63, 3.8) is 0 Å². The van der Waals surface area contributed by atoms with E-state index in [1.54, 1.807) is 0 Å². The van der Waals surface area contributed by atoms with Gasteiger partial charge < -0.3 is 24.3 Å². The molecule has 7 nitrogen and oxygen atoms in total. The van der Waals surface area contributed by atoms with Gasteiger partial charge in [-0.3, -0.25) is 4.79 Å². The van der Waals surface area contributed by atoms with E-state index < -0.39 is 0 Å². The fourth-order valence-electron chi connectivity index (χ4n) is 5.25. The van der Waals surface area contributed by atoms with E-state index in [0.29, 0.717) is 48.0 Å². The van der Waals surface area contributed by atoms with Gasteiger partial charge in [-0.15, -0.1) is 0 Å². The number of carbonyl (C=O) groups excluding carboxylic acids is 1. The number of rotatable bonds is 3. The average Bonchev–Trinajstić information content (AvgIpc) is 3.13. The van der Waals surface area contributed by atoms with E-state index in [1.165, 1.54) is 19.3 Å². The summed E-state index contributed by atoms with van der Waals surface area (Å²) in [7, 11) is 2.23. The van der Waals surface area contributed by atoms with Crippen molar-refractivity contribution in [2.75, 3.05) is 31.7 Å². The van der Waals surface area contributed by atoms with Crippen LogP contribution in [0.1, 0.15) is 49.4 Å². The number of aromatic nitrogens is 1. The zero-order valence-electron chi connectivity index (χ0n) is 17.3. The van der Waals surface area contributed by atoms with Crippen LogP contribution in [-0.4, -0.2) is 66.8 Å². The second kappa shape index (κ2) is 7.61. The second-order valence-corrected chi connectivity index (χ2v) is 8.81. The highest BCUT2D eigenvalue weighted by Crippen LogP contribution is 2.33. The summed E-state index contributed by atoms with van der Waals surface area (Å²) in [5, 5.41) is 3.29. The molecule has 4 atom stereocenters. The lowest BCUT2D eigenvalue weighted by Gasteiger charge is -2.47. The van der Waals surface area contributed by atoms with Crippen LogP contribution in [0.3, 0.4) is 0 Å². The first kappa shape index (κ1) is 18.9. The van der Waals surface area contributed by atoms with Gasteiger partial charge in [0.25, 0.3) is 11.9 Å². The van der Waals surface area contributed by atoms with Crippen LogP contribution in [0.25, 0.3) is 11.1 Å². The van der Waals surface area contributed by atoms with E-state index in [9.17, 15) is 4.79 Å². The smallest absolute Gasteiger partial charge is 0.298 e. The molecular weight excluding hydrogens is 368 g/mol. The Bertz CT molecular complexity index is 883. The highest BCUT2D eigenvalue weighted by Gasteiger charge is 2.36. The van der Waals surface area contributed by atoms with E-state index in [0.717, 1.165) is 19.4 Å². The molecule has 3 aliphatic heterocycles. The van der Waals surface area contributed by atoms with E-state index >= 15 is 0 Å². The van der Waals surface area contributed by atoms with Gasteiger partial charge in [-0.1, -0.05) is 12.5 Å². The summed E-state index contributed by atoms with van der Waals surface area (Å²) in [5.41, 5.74) is 1.90. The Balaban J connectivity index is 1.36. The van der Waals surface area contributed by atoms with Gasteiger partial charge in [0, 0.05) is 24.7 Å². The Labute approximate surface area is 171 Å². The molecule has 3 fully saturated rings. The number of amides is 1. The molecule has 0 saturated carbocycles. The average molecular weight is 399 g/mol. The van der Waals surface area contributed by atoms with E-state index in [4.69, 9.17) is 14.1 Å². The molecule has 2 aromatic rings. The molecule has 2 bridgehead atoms. The minimum Gasteiger partial charge on any atom is -0.423 e. The molecule has 1 unspecified atom stereocenters. The number of hydrogen-bond donors (Lipinski definition) is 1. The predicted molar refractivity (Wildman–Crippen MR) is 111 cm³/mol. The Morgan fingerprint density at radius 1 is 1.24 bits per heavy atom. The molecule has 1 N–H and O–H groups in total. The molecule has 0 radical (unpaired) electrons. The van der Waals surface area contributed by atoms with Crippen molar-refractivity contribution < 1.29 is 13.9 Å². The topological polar surface area (TPSA) is 70.8 Å². The first-order valence-corrected chi connectivity index (χ1v) is 10.9. The molecule has 0 spiro atoms. The molecule has 3 saturated heterocycles. The largest absolute Gasteiger partial charge is 0.423 e. The third kappa shape index (κ3) is 3.51. The number of carbonyl (C=O) groups is 1. The monoisotopic (exact) mass is 398 g/mol. The van der Waals surface area contributed by atoms with E-state index in [2.05, 4.69) is 29.1 Å². The summed E-state index contributed by atoms with van der Waals surface area (Å²) in [6, 6.07) is 7.79. The zero-order chi connectivity index (χ0) is 20.0. The lowest BCUT2D eigenvalue weighted by Crippen LogP contribution is -2.55. The van der Waals surface area contributed by atoms with Crippen LogP contribution < -0.4 is 10.2 Å². The summed E-state index contributed by atoms with van der Waals surface area (Å²) < 4.78 is 11.5. The standard InChI is InChI=1S/C22H30N4O3/c1-14-13-28-10-9-26(14)22-24-20-18(7-4-8-19(20)29-22)21(27)23-15-11-16-5-3-6-17(12-15)25(16)2/h4,7-8,14-17H,3,5-6,9-13H2,1-2H3,(H,23,27)/t14-,15?,16-,17+/m0/s1. The maximum atomic E-state index is 13.1. The molecule has 0 aliphatic carbocycles. The number of morpholine rings is 1. The molecule has 29 heavy (non-hydrogen) atoms. The van der Waals surface area contributed by atoms with Crippen molar-refractivity contribution in [1.82, 2.24) is 15.2 Å². The molecule has 7 heteroatoms. The highest BCUT2D eigenvalue weighted by molar-refractivity contribution is 6.04.